The van der Waals surface area contributed by atoms with Crippen LogP contribution < -0.4 is 0 Å². The fraction of sp³-hybridized carbons (Fsp3) is 0.529. The third kappa shape index (κ3) is 2.55. The predicted octanol–water partition coefficient (Wildman–Crippen LogP) is 3.76. The molecule has 112 valence electrons. The summed E-state index contributed by atoms with van der Waals surface area (Å²) >= 11 is 0. The molecule has 0 bridgehead atoms. The van der Waals surface area contributed by atoms with E-state index in [4.69, 9.17) is 0 Å². The molecule has 2 aromatic rings. The number of rotatable bonds is 3. The number of hydrogen-bond donors (Lipinski definition) is 2. The summed E-state index contributed by atoms with van der Waals surface area (Å²) in [7, 11) is 0. The first-order valence-electron chi connectivity index (χ1n) is 7.69. The molecule has 1 aliphatic rings. The van der Waals surface area contributed by atoms with Crippen LogP contribution in [0.15, 0.2) is 12.1 Å². The molecule has 21 heavy (non-hydrogen) atoms. The van der Waals surface area contributed by atoms with Gasteiger partial charge in [-0.25, -0.2) is 4.98 Å². The molecule has 0 atom stereocenters. The highest BCUT2D eigenvalue weighted by Gasteiger charge is 2.40. The number of nitrogens with one attached hydrogen (secondary N) is 1. The highest BCUT2D eigenvalue weighted by molar-refractivity contribution is 5.78. The van der Waals surface area contributed by atoms with Crippen molar-refractivity contribution in [1.29, 1.82) is 0 Å². The van der Waals surface area contributed by atoms with Gasteiger partial charge in [0.2, 0.25) is 0 Å². The Balaban J connectivity index is 1.94. The zero-order valence-corrected chi connectivity index (χ0v) is 12.7. The number of carboxylic acid groups (broad SMARTS) is 1. The van der Waals surface area contributed by atoms with Crippen molar-refractivity contribution in [2.75, 3.05) is 0 Å². The van der Waals surface area contributed by atoms with Crippen molar-refractivity contribution >= 4 is 17.0 Å². The van der Waals surface area contributed by atoms with Crippen LogP contribution in [0.3, 0.4) is 0 Å². The number of H-pyrrole nitrogens is 1. The molecule has 1 aliphatic carbocycles. The number of fused-ring (bicyclic) bond motifs is 1. The van der Waals surface area contributed by atoms with Crippen molar-refractivity contribution in [1.82, 2.24) is 9.97 Å². The maximum Gasteiger partial charge on any atom is 0.310 e. The lowest BCUT2D eigenvalue weighted by atomic mass is 9.72. The van der Waals surface area contributed by atoms with Crippen molar-refractivity contribution in [2.45, 2.75) is 52.4 Å². The van der Waals surface area contributed by atoms with Crippen molar-refractivity contribution in [3.63, 3.8) is 0 Å². The lowest BCUT2D eigenvalue weighted by molar-refractivity contribution is -0.151. The molecule has 0 spiro atoms. The Hall–Kier alpha value is -1.84. The van der Waals surface area contributed by atoms with Crippen molar-refractivity contribution in [3.8, 4) is 0 Å². The molecule has 1 heterocycles. The number of carbonyl (C=O) groups is 1. The van der Waals surface area contributed by atoms with E-state index < -0.39 is 11.4 Å². The molecule has 1 aromatic carbocycles. The van der Waals surface area contributed by atoms with Crippen LogP contribution in [0.5, 0.6) is 0 Å². The molecular weight excluding hydrogens is 264 g/mol. The SMILES string of the molecule is Cc1cc2nc(CC3(C(=O)O)CCCCC3)[nH]c2cc1C. The molecule has 1 saturated carbocycles. The summed E-state index contributed by atoms with van der Waals surface area (Å²) in [6.45, 7) is 4.15. The third-order valence-corrected chi connectivity index (χ3v) is 4.92. The van der Waals surface area contributed by atoms with E-state index in [1.165, 1.54) is 11.1 Å². The van der Waals surface area contributed by atoms with Crippen LogP contribution in [0.1, 0.15) is 49.1 Å². The summed E-state index contributed by atoms with van der Waals surface area (Å²) < 4.78 is 0. The van der Waals surface area contributed by atoms with E-state index in [-0.39, 0.29) is 0 Å². The fourth-order valence-electron chi connectivity index (χ4n) is 3.42. The standard InChI is InChI=1S/C17H22N2O2/c1-11-8-13-14(9-12(11)2)19-15(18-13)10-17(16(20)21)6-4-3-5-7-17/h8-9H,3-7,10H2,1-2H3,(H,18,19)(H,20,21). The molecule has 1 fully saturated rings. The van der Waals surface area contributed by atoms with Crippen LogP contribution in [0.25, 0.3) is 11.0 Å². The molecule has 4 nitrogen and oxygen atoms in total. The van der Waals surface area contributed by atoms with E-state index in [1.807, 2.05) is 0 Å². The Labute approximate surface area is 124 Å². The number of benzene rings is 1. The second-order valence-electron chi connectivity index (χ2n) is 6.46. The van der Waals surface area contributed by atoms with Gasteiger partial charge in [0.05, 0.1) is 16.4 Å². The largest absolute Gasteiger partial charge is 0.481 e. The van der Waals surface area contributed by atoms with E-state index in [9.17, 15) is 9.90 Å². The normalized spacial score (nSPS) is 18.0. The van der Waals surface area contributed by atoms with Crippen LogP contribution in [0.2, 0.25) is 0 Å². The van der Waals surface area contributed by atoms with Crippen LogP contribution in [0, 0.1) is 19.3 Å². The van der Waals surface area contributed by atoms with Crippen molar-refractivity contribution < 1.29 is 9.90 Å². The molecule has 2 N–H and O–H groups in total. The van der Waals surface area contributed by atoms with Crippen LogP contribution in [0.4, 0.5) is 0 Å². The summed E-state index contributed by atoms with van der Waals surface area (Å²) in [4.78, 5) is 19.7. The average molecular weight is 286 g/mol. The number of nitrogens with zero attached hydrogens (tertiary/aromatic N) is 1. The Morgan fingerprint density at radius 2 is 1.90 bits per heavy atom. The van der Waals surface area contributed by atoms with E-state index in [0.29, 0.717) is 6.42 Å². The molecule has 0 saturated heterocycles. The van der Waals surface area contributed by atoms with Gasteiger partial charge >= 0.3 is 5.97 Å². The third-order valence-electron chi connectivity index (χ3n) is 4.92. The summed E-state index contributed by atoms with van der Waals surface area (Å²) in [6.07, 6.45) is 5.19. The first-order valence-corrected chi connectivity index (χ1v) is 7.69. The maximum atomic E-state index is 11.8. The summed E-state index contributed by atoms with van der Waals surface area (Å²) in [5.41, 5.74) is 3.75. The monoisotopic (exact) mass is 286 g/mol. The number of aromatic amines is 1. The molecule has 1 aromatic heterocycles. The molecule has 0 amide bonds. The van der Waals surface area contributed by atoms with Gasteiger partial charge in [0, 0.05) is 6.42 Å². The minimum atomic E-state index is -0.671. The van der Waals surface area contributed by atoms with Gasteiger partial charge in [-0.2, -0.15) is 0 Å². The summed E-state index contributed by atoms with van der Waals surface area (Å²) in [5.74, 6) is 0.134. The van der Waals surface area contributed by atoms with Crippen molar-refractivity contribution in [2.24, 2.45) is 5.41 Å². The zero-order chi connectivity index (χ0) is 15.0. The van der Waals surface area contributed by atoms with Gasteiger partial charge in [0.1, 0.15) is 5.82 Å². The first-order chi connectivity index (χ1) is 10.00. The topological polar surface area (TPSA) is 66.0 Å². The number of carboxylic acids is 1. The van der Waals surface area contributed by atoms with E-state index >= 15 is 0 Å². The predicted molar refractivity (Wildman–Crippen MR) is 82.4 cm³/mol. The number of hydrogen-bond acceptors (Lipinski definition) is 2. The van der Waals surface area contributed by atoms with Gasteiger partial charge in [0.15, 0.2) is 0 Å². The Bertz CT molecular complexity index is 642. The molecule has 0 unspecified atom stereocenters. The number of imidazole rings is 1. The lowest BCUT2D eigenvalue weighted by Crippen LogP contribution is -2.35. The Kier molecular flexibility index (Phi) is 3.47. The van der Waals surface area contributed by atoms with Crippen molar-refractivity contribution in [3.05, 3.63) is 29.1 Å². The zero-order valence-electron chi connectivity index (χ0n) is 12.7. The number of aromatic nitrogens is 2. The highest BCUT2D eigenvalue weighted by Crippen LogP contribution is 2.39. The maximum absolute atomic E-state index is 11.8. The minimum Gasteiger partial charge on any atom is -0.481 e. The van der Waals surface area contributed by atoms with Gasteiger partial charge in [-0.3, -0.25) is 4.79 Å². The molecule has 0 radical (unpaired) electrons. The fourth-order valence-corrected chi connectivity index (χ4v) is 3.42. The molecule has 4 heteroatoms. The van der Waals surface area contributed by atoms with E-state index in [2.05, 4.69) is 35.9 Å². The average Bonchev–Trinajstić information content (AvgIpc) is 2.81. The molecule has 3 rings (SSSR count). The van der Waals surface area contributed by atoms with Crippen LogP contribution in [-0.4, -0.2) is 21.0 Å². The molecular formula is C17H22N2O2. The van der Waals surface area contributed by atoms with Gasteiger partial charge in [-0.1, -0.05) is 19.3 Å². The highest BCUT2D eigenvalue weighted by atomic mass is 16.4. The van der Waals surface area contributed by atoms with Gasteiger partial charge in [0.25, 0.3) is 0 Å². The van der Waals surface area contributed by atoms with Gasteiger partial charge in [-0.15, -0.1) is 0 Å². The summed E-state index contributed by atoms with van der Waals surface area (Å²) in [5, 5.41) is 9.67. The Morgan fingerprint density at radius 1 is 1.24 bits per heavy atom. The second kappa shape index (κ2) is 5.17. The lowest BCUT2D eigenvalue weighted by Gasteiger charge is -2.32. The minimum absolute atomic E-state index is 0.509. The number of aliphatic carboxylic acids is 1. The van der Waals surface area contributed by atoms with E-state index in [1.54, 1.807) is 0 Å². The number of aryl methyl sites for hydroxylation is 2. The van der Waals surface area contributed by atoms with Crippen LogP contribution in [-0.2, 0) is 11.2 Å². The molecule has 0 aliphatic heterocycles. The van der Waals surface area contributed by atoms with Crippen LogP contribution >= 0.6 is 0 Å². The Morgan fingerprint density at radius 3 is 2.57 bits per heavy atom. The summed E-state index contributed by atoms with van der Waals surface area (Å²) in [6, 6.07) is 4.16. The quantitative estimate of drug-likeness (QED) is 0.903. The first kappa shape index (κ1) is 14.1. The second-order valence-corrected chi connectivity index (χ2v) is 6.46. The van der Waals surface area contributed by atoms with E-state index in [0.717, 1.165) is 49.0 Å². The van der Waals surface area contributed by atoms with Gasteiger partial charge < -0.3 is 10.1 Å². The smallest absolute Gasteiger partial charge is 0.310 e. The van der Waals surface area contributed by atoms with Gasteiger partial charge in [-0.05, 0) is 49.9 Å².